The van der Waals surface area contributed by atoms with Crippen LogP contribution >= 0.6 is 11.3 Å². The molecule has 0 bridgehead atoms. The zero-order valence-electron chi connectivity index (χ0n) is 18.8. The normalized spacial score (nSPS) is 18.1. The highest BCUT2D eigenvalue weighted by Gasteiger charge is 2.40. The minimum absolute atomic E-state index is 0.0107. The maximum atomic E-state index is 13.2. The quantitative estimate of drug-likeness (QED) is 0.463. The number of carbonyl (C=O) groups excluding carboxylic acids is 1. The van der Waals surface area contributed by atoms with E-state index in [9.17, 15) is 21.6 Å². The Morgan fingerprint density at radius 3 is 2.61 bits per heavy atom. The maximum Gasteiger partial charge on any atom is 0.273 e. The van der Waals surface area contributed by atoms with E-state index in [0.29, 0.717) is 42.0 Å². The molecule has 0 fully saturated rings. The molecular weight excluding hydrogens is 486 g/mol. The van der Waals surface area contributed by atoms with Crippen molar-refractivity contribution in [2.45, 2.75) is 41.1 Å². The average molecular weight is 516 g/mol. The lowest BCUT2D eigenvalue weighted by molar-refractivity contribution is -0.118. The number of fused-ring (bicyclic) bond motifs is 1. The zero-order valence-corrected chi connectivity index (χ0v) is 21.3. The fourth-order valence-electron chi connectivity index (χ4n) is 3.61. The maximum absolute atomic E-state index is 13.2. The van der Waals surface area contributed by atoms with Crippen LogP contribution in [0.5, 0.6) is 0 Å². The minimum Gasteiger partial charge on any atom is -0.385 e. The second-order valence-electron chi connectivity index (χ2n) is 7.82. The van der Waals surface area contributed by atoms with Crippen LogP contribution in [-0.2, 0) is 36.0 Å². The molecule has 182 valence electrons. The molecule has 0 radical (unpaired) electrons. The van der Waals surface area contributed by atoms with Crippen molar-refractivity contribution in [1.82, 2.24) is 14.3 Å². The smallest absolute Gasteiger partial charge is 0.273 e. The first-order valence-corrected chi connectivity index (χ1v) is 14.3. The number of benzene rings is 1. The number of rotatable bonds is 10. The van der Waals surface area contributed by atoms with E-state index in [4.69, 9.17) is 4.74 Å². The van der Waals surface area contributed by atoms with E-state index in [0.717, 1.165) is 5.56 Å². The van der Waals surface area contributed by atoms with Crippen LogP contribution in [0.1, 0.15) is 36.1 Å². The third-order valence-corrected chi connectivity index (χ3v) is 10.6. The number of hydrogen-bond donors (Lipinski definition) is 2. The number of carbonyl (C=O) groups is 1. The summed E-state index contributed by atoms with van der Waals surface area (Å²) < 4.78 is 60.4. The number of amides is 1. The van der Waals surface area contributed by atoms with Crippen LogP contribution in [0.4, 0.5) is 0 Å². The van der Waals surface area contributed by atoms with Crippen LogP contribution < -0.4 is 10.0 Å². The van der Waals surface area contributed by atoms with Crippen molar-refractivity contribution in [3.8, 4) is 0 Å². The van der Waals surface area contributed by atoms with Gasteiger partial charge in [-0.05, 0) is 31.5 Å². The molecule has 0 saturated heterocycles. The van der Waals surface area contributed by atoms with E-state index in [1.807, 2.05) is 26.0 Å². The van der Waals surface area contributed by atoms with Crippen LogP contribution in [0.25, 0.3) is 0 Å². The lowest BCUT2D eigenvalue weighted by atomic mass is 10.1. The van der Waals surface area contributed by atoms with Gasteiger partial charge in [0.15, 0.2) is 0 Å². The molecule has 33 heavy (non-hydrogen) atoms. The summed E-state index contributed by atoms with van der Waals surface area (Å²) in [6, 6.07) is 8.22. The number of sulfonamides is 2. The Kier molecular flexibility index (Phi) is 8.30. The highest BCUT2D eigenvalue weighted by Crippen LogP contribution is 2.40. The van der Waals surface area contributed by atoms with Gasteiger partial charge in [0.25, 0.3) is 20.0 Å². The number of ether oxygens (including phenoxy) is 1. The second-order valence-corrected chi connectivity index (χ2v) is 12.9. The predicted molar refractivity (Wildman–Crippen MR) is 126 cm³/mol. The lowest BCUT2D eigenvalue weighted by Gasteiger charge is -2.32. The molecule has 2 N–H and O–H groups in total. The third-order valence-electron chi connectivity index (χ3n) is 5.24. The van der Waals surface area contributed by atoms with Gasteiger partial charge in [0.05, 0.1) is 6.42 Å². The zero-order chi connectivity index (χ0) is 24.2. The fourth-order valence-corrected chi connectivity index (χ4v) is 8.47. The summed E-state index contributed by atoms with van der Waals surface area (Å²) in [6.45, 7) is 5.28. The van der Waals surface area contributed by atoms with Crippen LogP contribution in [0.2, 0.25) is 0 Å². The van der Waals surface area contributed by atoms with Gasteiger partial charge in [0.1, 0.15) is 8.42 Å². The number of hydrogen-bond acceptors (Lipinski definition) is 8. The van der Waals surface area contributed by atoms with Crippen LogP contribution in [0.3, 0.4) is 0 Å². The van der Waals surface area contributed by atoms with Crippen molar-refractivity contribution < 1.29 is 26.4 Å². The van der Waals surface area contributed by atoms with Crippen LogP contribution in [-0.4, -0.2) is 60.4 Å². The standard InChI is InChI=1S/C21H29N3O6S3/c1-4-22-18-14-24(10-5-11-30-3)33(28,29)21-17(18)13-20(31-21)32(26,27)23-19(25)12-16-8-6-15(2)7-9-16/h6-9,13,18,22H,4-5,10-12,14H2,1-3H3,(H,23,25)/t18-/m0/s1. The van der Waals surface area contributed by atoms with Gasteiger partial charge in [-0.25, -0.2) is 21.6 Å². The fraction of sp³-hybridized carbons (Fsp3) is 0.476. The molecule has 1 aliphatic rings. The molecule has 2 aromatic rings. The molecule has 1 aliphatic heterocycles. The summed E-state index contributed by atoms with van der Waals surface area (Å²) in [5.41, 5.74) is 2.13. The number of thiophene rings is 1. The van der Waals surface area contributed by atoms with Crippen molar-refractivity contribution in [2.24, 2.45) is 0 Å². The number of nitrogens with zero attached hydrogens (tertiary/aromatic N) is 1. The van der Waals surface area contributed by atoms with Gasteiger partial charge in [-0.3, -0.25) is 4.79 Å². The summed E-state index contributed by atoms with van der Waals surface area (Å²) in [7, 11) is -6.53. The Morgan fingerprint density at radius 1 is 1.27 bits per heavy atom. The Hall–Kier alpha value is -1.83. The molecule has 0 aliphatic carbocycles. The molecule has 1 amide bonds. The highest BCUT2D eigenvalue weighted by atomic mass is 32.3. The van der Waals surface area contributed by atoms with Crippen LogP contribution in [0.15, 0.2) is 38.8 Å². The Balaban J connectivity index is 1.85. The molecule has 0 unspecified atom stereocenters. The molecule has 1 atom stereocenters. The number of likely N-dealkylation sites (N-methyl/N-ethyl adjacent to an activating group) is 1. The van der Waals surface area contributed by atoms with Gasteiger partial charge in [-0.1, -0.05) is 36.8 Å². The molecule has 3 rings (SSSR count). The van der Waals surface area contributed by atoms with Gasteiger partial charge in [-0.2, -0.15) is 4.31 Å². The van der Waals surface area contributed by atoms with E-state index in [1.165, 1.54) is 10.4 Å². The van der Waals surface area contributed by atoms with Crippen molar-refractivity contribution in [2.75, 3.05) is 33.4 Å². The Labute approximate surface area is 199 Å². The van der Waals surface area contributed by atoms with E-state index in [2.05, 4.69) is 10.0 Å². The first-order chi connectivity index (χ1) is 15.6. The molecule has 0 saturated carbocycles. The summed E-state index contributed by atoms with van der Waals surface area (Å²) >= 11 is 0.668. The summed E-state index contributed by atoms with van der Waals surface area (Å²) in [5.74, 6) is -0.683. The third kappa shape index (κ3) is 6.00. The molecular formula is C21H29N3O6S3. The SMILES string of the molecule is CCN[C@H]1CN(CCCOC)S(=O)(=O)c2sc(S(=O)(=O)NC(=O)Cc3ccc(C)cc3)cc21. The van der Waals surface area contributed by atoms with Gasteiger partial charge >= 0.3 is 0 Å². The van der Waals surface area contributed by atoms with E-state index in [-0.39, 0.29) is 34.0 Å². The highest BCUT2D eigenvalue weighted by molar-refractivity contribution is 7.94. The van der Waals surface area contributed by atoms with Crippen molar-refractivity contribution in [3.05, 3.63) is 47.0 Å². The molecule has 9 nitrogen and oxygen atoms in total. The Bertz CT molecular complexity index is 1190. The van der Waals surface area contributed by atoms with Crippen molar-refractivity contribution in [3.63, 3.8) is 0 Å². The molecule has 0 spiro atoms. The first kappa shape index (κ1) is 25.8. The van der Waals surface area contributed by atoms with E-state index >= 15 is 0 Å². The van der Waals surface area contributed by atoms with E-state index in [1.54, 1.807) is 19.2 Å². The monoisotopic (exact) mass is 515 g/mol. The van der Waals surface area contributed by atoms with Crippen LogP contribution in [0, 0.1) is 6.92 Å². The van der Waals surface area contributed by atoms with Crippen molar-refractivity contribution in [1.29, 1.82) is 0 Å². The predicted octanol–water partition coefficient (Wildman–Crippen LogP) is 1.80. The number of nitrogens with one attached hydrogen (secondary N) is 2. The molecule has 1 aromatic carbocycles. The largest absolute Gasteiger partial charge is 0.385 e. The minimum atomic E-state index is -4.22. The number of aryl methyl sites for hydroxylation is 1. The summed E-state index contributed by atoms with van der Waals surface area (Å²) in [6.07, 6.45) is 0.422. The average Bonchev–Trinajstić information content (AvgIpc) is 3.21. The summed E-state index contributed by atoms with van der Waals surface area (Å²) in [5, 5.41) is 3.23. The Morgan fingerprint density at radius 2 is 1.97 bits per heavy atom. The van der Waals surface area contributed by atoms with Gasteiger partial charge in [-0.15, -0.1) is 11.3 Å². The number of methoxy groups -OCH3 is 1. The van der Waals surface area contributed by atoms with Gasteiger partial charge < -0.3 is 10.1 Å². The van der Waals surface area contributed by atoms with Crippen molar-refractivity contribution >= 4 is 37.3 Å². The molecule has 12 heteroatoms. The van der Waals surface area contributed by atoms with Gasteiger partial charge in [0, 0.05) is 38.4 Å². The lowest BCUT2D eigenvalue weighted by Crippen LogP contribution is -2.43. The van der Waals surface area contributed by atoms with Gasteiger partial charge in [0.2, 0.25) is 5.91 Å². The summed E-state index contributed by atoms with van der Waals surface area (Å²) in [4.78, 5) is 12.4. The molecule has 2 heterocycles. The van der Waals surface area contributed by atoms with E-state index < -0.39 is 26.0 Å². The topological polar surface area (TPSA) is 122 Å². The molecule has 1 aromatic heterocycles. The second kappa shape index (κ2) is 10.6. The first-order valence-electron chi connectivity index (χ1n) is 10.6.